The number of rotatable bonds is 4. The van der Waals surface area contributed by atoms with Gasteiger partial charge in [-0.2, -0.15) is 16.7 Å². The van der Waals surface area contributed by atoms with Gasteiger partial charge < -0.3 is 14.6 Å². The molecule has 20 heavy (non-hydrogen) atoms. The Morgan fingerprint density at radius 1 is 1.30 bits per heavy atom. The molecule has 0 aliphatic carbocycles. The Hall–Kier alpha value is -0.590. The Morgan fingerprint density at radius 2 is 2.15 bits per heavy atom. The van der Waals surface area contributed by atoms with Crippen LogP contribution in [0.3, 0.4) is 0 Å². The van der Waals surface area contributed by atoms with Gasteiger partial charge in [0.05, 0.1) is 6.04 Å². The normalized spacial score (nSPS) is 26.6. The van der Waals surface area contributed by atoms with E-state index in [4.69, 9.17) is 9.26 Å². The standard InChI is InChI=1S/C14H23N3O2S/c1-10-15-14(19-17-10)13(11-4-6-18-7-5-11)16-12-3-2-8-20-9-12/h11-13,16H,2-9H2,1H3/t12-,13+/m1/s1. The Morgan fingerprint density at radius 3 is 2.80 bits per heavy atom. The lowest BCUT2D eigenvalue weighted by Gasteiger charge is -2.33. The molecule has 0 bridgehead atoms. The van der Waals surface area contributed by atoms with E-state index in [0.717, 1.165) is 37.8 Å². The SMILES string of the molecule is Cc1noc([C@@H](N[C@@H]2CCCSC2)C2CCOCC2)n1. The van der Waals surface area contributed by atoms with Crippen molar-refractivity contribution in [1.82, 2.24) is 15.5 Å². The summed E-state index contributed by atoms with van der Waals surface area (Å²) in [4.78, 5) is 4.46. The fourth-order valence-corrected chi connectivity index (χ4v) is 4.11. The summed E-state index contributed by atoms with van der Waals surface area (Å²) in [5.74, 6) is 4.49. The summed E-state index contributed by atoms with van der Waals surface area (Å²) in [5.41, 5.74) is 0. The average Bonchev–Trinajstić information content (AvgIpc) is 2.93. The van der Waals surface area contributed by atoms with Crippen LogP contribution >= 0.6 is 11.8 Å². The molecule has 2 aliphatic rings. The molecule has 0 spiro atoms. The second-order valence-electron chi connectivity index (χ2n) is 5.69. The third-order valence-corrected chi connectivity index (χ3v) is 5.34. The predicted molar refractivity (Wildman–Crippen MR) is 78.8 cm³/mol. The first-order chi connectivity index (χ1) is 9.83. The molecule has 0 aromatic carbocycles. The van der Waals surface area contributed by atoms with E-state index >= 15 is 0 Å². The quantitative estimate of drug-likeness (QED) is 0.920. The molecule has 2 saturated heterocycles. The van der Waals surface area contributed by atoms with Gasteiger partial charge in [0.25, 0.3) is 0 Å². The van der Waals surface area contributed by atoms with Crippen molar-refractivity contribution < 1.29 is 9.26 Å². The van der Waals surface area contributed by atoms with Gasteiger partial charge in [-0.05, 0) is 44.3 Å². The van der Waals surface area contributed by atoms with Crippen molar-refractivity contribution in [3.8, 4) is 0 Å². The maximum Gasteiger partial charge on any atom is 0.244 e. The number of hydrogen-bond donors (Lipinski definition) is 1. The minimum atomic E-state index is 0.184. The molecule has 3 rings (SSSR count). The monoisotopic (exact) mass is 297 g/mol. The van der Waals surface area contributed by atoms with Crippen LogP contribution in [-0.2, 0) is 4.74 Å². The molecule has 6 heteroatoms. The highest BCUT2D eigenvalue weighted by atomic mass is 32.2. The van der Waals surface area contributed by atoms with Crippen LogP contribution in [-0.4, -0.2) is 40.9 Å². The molecule has 0 amide bonds. The molecular weight excluding hydrogens is 274 g/mol. The van der Waals surface area contributed by atoms with Crippen molar-refractivity contribution in [2.45, 2.75) is 44.7 Å². The van der Waals surface area contributed by atoms with Gasteiger partial charge in [0.2, 0.25) is 5.89 Å². The molecule has 2 atom stereocenters. The lowest BCUT2D eigenvalue weighted by Crippen LogP contribution is -2.41. The first-order valence-corrected chi connectivity index (χ1v) is 8.70. The van der Waals surface area contributed by atoms with Crippen molar-refractivity contribution in [3.63, 3.8) is 0 Å². The van der Waals surface area contributed by atoms with Crippen molar-refractivity contribution >= 4 is 11.8 Å². The summed E-state index contributed by atoms with van der Waals surface area (Å²) in [6.45, 7) is 3.56. The first-order valence-electron chi connectivity index (χ1n) is 7.54. The summed E-state index contributed by atoms with van der Waals surface area (Å²) < 4.78 is 10.9. The third kappa shape index (κ3) is 3.54. The molecule has 0 unspecified atom stereocenters. The van der Waals surface area contributed by atoms with Crippen molar-refractivity contribution in [2.24, 2.45) is 5.92 Å². The molecule has 1 N–H and O–H groups in total. The summed E-state index contributed by atoms with van der Waals surface area (Å²) >= 11 is 2.04. The van der Waals surface area contributed by atoms with Gasteiger partial charge in [-0.25, -0.2) is 0 Å². The summed E-state index contributed by atoms with van der Waals surface area (Å²) in [6.07, 6.45) is 4.68. The van der Waals surface area contributed by atoms with Crippen LogP contribution < -0.4 is 5.32 Å². The highest BCUT2D eigenvalue weighted by molar-refractivity contribution is 7.99. The van der Waals surface area contributed by atoms with Gasteiger partial charge in [-0.1, -0.05) is 5.16 Å². The van der Waals surface area contributed by atoms with Gasteiger partial charge in [-0.3, -0.25) is 0 Å². The zero-order chi connectivity index (χ0) is 13.8. The largest absolute Gasteiger partial charge is 0.381 e. The second-order valence-corrected chi connectivity index (χ2v) is 6.84. The fourth-order valence-electron chi connectivity index (χ4n) is 3.02. The molecule has 3 heterocycles. The number of aryl methyl sites for hydroxylation is 1. The molecule has 0 radical (unpaired) electrons. The van der Waals surface area contributed by atoms with Crippen LogP contribution in [0.1, 0.15) is 43.4 Å². The lowest BCUT2D eigenvalue weighted by molar-refractivity contribution is 0.0470. The minimum absolute atomic E-state index is 0.184. The molecule has 2 fully saturated rings. The van der Waals surface area contributed by atoms with E-state index in [1.165, 1.54) is 24.3 Å². The van der Waals surface area contributed by atoms with E-state index in [2.05, 4.69) is 15.5 Å². The Balaban J connectivity index is 1.71. The molecule has 112 valence electrons. The van der Waals surface area contributed by atoms with Gasteiger partial charge in [0, 0.05) is 25.0 Å². The molecule has 1 aromatic heterocycles. The topological polar surface area (TPSA) is 60.2 Å². The first kappa shape index (κ1) is 14.4. The fraction of sp³-hybridized carbons (Fsp3) is 0.857. The average molecular weight is 297 g/mol. The maximum absolute atomic E-state index is 5.48. The number of ether oxygens (including phenoxy) is 1. The zero-order valence-corrected chi connectivity index (χ0v) is 12.8. The molecule has 0 saturated carbocycles. The van der Waals surface area contributed by atoms with Crippen molar-refractivity contribution in [2.75, 3.05) is 24.7 Å². The maximum atomic E-state index is 5.48. The van der Waals surface area contributed by atoms with E-state index < -0.39 is 0 Å². The van der Waals surface area contributed by atoms with Gasteiger partial charge in [-0.15, -0.1) is 0 Å². The highest BCUT2D eigenvalue weighted by Gasteiger charge is 2.31. The number of aromatic nitrogens is 2. The smallest absolute Gasteiger partial charge is 0.244 e. The van der Waals surface area contributed by atoms with E-state index in [9.17, 15) is 0 Å². The van der Waals surface area contributed by atoms with Crippen LogP contribution in [0.2, 0.25) is 0 Å². The summed E-state index contributed by atoms with van der Waals surface area (Å²) in [5, 5.41) is 7.75. The Labute approximate surface area is 124 Å². The van der Waals surface area contributed by atoms with Crippen LogP contribution in [0.25, 0.3) is 0 Å². The number of nitrogens with zero attached hydrogens (tertiary/aromatic N) is 2. The summed E-state index contributed by atoms with van der Waals surface area (Å²) in [6, 6.07) is 0.748. The van der Waals surface area contributed by atoms with E-state index in [0.29, 0.717) is 12.0 Å². The van der Waals surface area contributed by atoms with E-state index in [1.54, 1.807) is 0 Å². The van der Waals surface area contributed by atoms with Gasteiger partial charge in [0.15, 0.2) is 5.82 Å². The second kappa shape index (κ2) is 6.91. The zero-order valence-electron chi connectivity index (χ0n) is 12.0. The van der Waals surface area contributed by atoms with Crippen LogP contribution in [0.15, 0.2) is 4.52 Å². The van der Waals surface area contributed by atoms with Gasteiger partial charge >= 0.3 is 0 Å². The van der Waals surface area contributed by atoms with E-state index in [-0.39, 0.29) is 6.04 Å². The Kier molecular flexibility index (Phi) is 4.96. The van der Waals surface area contributed by atoms with Crippen molar-refractivity contribution in [1.29, 1.82) is 0 Å². The molecule has 1 aromatic rings. The highest BCUT2D eigenvalue weighted by Crippen LogP contribution is 2.31. The van der Waals surface area contributed by atoms with Crippen LogP contribution in [0, 0.1) is 12.8 Å². The van der Waals surface area contributed by atoms with Gasteiger partial charge in [0.1, 0.15) is 0 Å². The van der Waals surface area contributed by atoms with E-state index in [1.807, 2.05) is 18.7 Å². The molecule has 2 aliphatic heterocycles. The third-order valence-electron chi connectivity index (χ3n) is 4.12. The lowest BCUT2D eigenvalue weighted by atomic mass is 9.90. The minimum Gasteiger partial charge on any atom is -0.381 e. The molecular formula is C14H23N3O2S. The number of nitrogens with one attached hydrogen (secondary N) is 1. The van der Waals surface area contributed by atoms with Crippen molar-refractivity contribution in [3.05, 3.63) is 11.7 Å². The number of thioether (sulfide) groups is 1. The predicted octanol–water partition coefficient (Wildman–Crippen LogP) is 2.33. The summed E-state index contributed by atoms with van der Waals surface area (Å²) in [7, 11) is 0. The number of hydrogen-bond acceptors (Lipinski definition) is 6. The van der Waals surface area contributed by atoms with Crippen LogP contribution in [0.4, 0.5) is 0 Å². The molecule has 5 nitrogen and oxygen atoms in total. The Bertz CT molecular complexity index is 414. The van der Waals surface area contributed by atoms with Crippen LogP contribution in [0.5, 0.6) is 0 Å².